The Labute approximate surface area is 66.5 Å². The minimum absolute atomic E-state index is 0.668. The minimum Gasteiger partial charge on any atom is -0.384 e. The van der Waals surface area contributed by atoms with Crippen LogP contribution in [0, 0.1) is 13.8 Å². The molecule has 0 bridgehead atoms. The van der Waals surface area contributed by atoms with Crippen LogP contribution < -0.4 is 5.73 Å². The van der Waals surface area contributed by atoms with Gasteiger partial charge < -0.3 is 5.73 Å². The largest absolute Gasteiger partial charge is 0.384 e. The molecule has 0 atom stereocenters. The summed E-state index contributed by atoms with van der Waals surface area (Å²) in [7, 11) is 0. The summed E-state index contributed by atoms with van der Waals surface area (Å²) < 4.78 is 1.69. The van der Waals surface area contributed by atoms with Gasteiger partial charge in [0.05, 0.1) is 5.69 Å². The summed E-state index contributed by atoms with van der Waals surface area (Å²) in [5.74, 6) is 0.668. The number of aryl methyl sites for hydroxylation is 2. The third kappa shape index (κ3) is 1.42. The predicted octanol–water partition coefficient (Wildman–Crippen LogP) is 1.28. The van der Waals surface area contributed by atoms with Crippen LogP contribution in [0.4, 0.5) is 0 Å². The lowest BCUT2D eigenvalue weighted by molar-refractivity contribution is 0.867. The topological polar surface area (TPSA) is 43.8 Å². The molecule has 3 nitrogen and oxygen atoms in total. The van der Waals surface area contributed by atoms with Gasteiger partial charge in [-0.25, -0.2) is 4.68 Å². The molecule has 2 N–H and O–H groups in total. The summed E-state index contributed by atoms with van der Waals surface area (Å²) in [5, 5.41) is 4.20. The van der Waals surface area contributed by atoms with E-state index in [0.717, 1.165) is 11.3 Å². The zero-order valence-corrected chi connectivity index (χ0v) is 7.13. The van der Waals surface area contributed by atoms with E-state index in [1.54, 1.807) is 4.68 Å². The minimum atomic E-state index is 0.668. The van der Waals surface area contributed by atoms with Gasteiger partial charge >= 0.3 is 0 Å². The molecular formula is C8H13N3. The molecule has 60 valence electrons. The van der Waals surface area contributed by atoms with Crippen molar-refractivity contribution in [3.63, 3.8) is 0 Å². The van der Waals surface area contributed by atoms with Crippen LogP contribution in [-0.4, -0.2) is 9.78 Å². The molecule has 0 spiro atoms. The molecule has 0 radical (unpaired) electrons. The summed E-state index contributed by atoms with van der Waals surface area (Å²) in [4.78, 5) is 0. The second-order valence-electron chi connectivity index (χ2n) is 2.56. The van der Waals surface area contributed by atoms with E-state index in [1.165, 1.54) is 0 Å². The van der Waals surface area contributed by atoms with Crippen LogP contribution in [0.5, 0.6) is 0 Å². The summed E-state index contributed by atoms with van der Waals surface area (Å²) in [5.41, 5.74) is 7.82. The van der Waals surface area contributed by atoms with E-state index in [2.05, 4.69) is 5.10 Å². The van der Waals surface area contributed by atoms with Gasteiger partial charge in [-0.15, -0.1) is 0 Å². The molecular weight excluding hydrogens is 138 g/mol. The smallest absolute Gasteiger partial charge is 0.120 e. The van der Waals surface area contributed by atoms with Crippen LogP contribution in [0.1, 0.15) is 18.2 Å². The Balaban J connectivity index is 3.07. The average Bonchev–Trinajstić information content (AvgIpc) is 2.31. The van der Waals surface area contributed by atoms with Crippen LogP contribution in [0.25, 0.3) is 5.82 Å². The lowest BCUT2D eigenvalue weighted by Crippen LogP contribution is -2.06. The van der Waals surface area contributed by atoms with Gasteiger partial charge in [-0.1, -0.05) is 0 Å². The van der Waals surface area contributed by atoms with Crippen molar-refractivity contribution in [1.82, 2.24) is 9.78 Å². The lowest BCUT2D eigenvalue weighted by atomic mass is 10.3. The SMILES string of the molecule is CC=C(N)n1cc(C)c(C)n1. The Kier molecular flexibility index (Phi) is 1.98. The van der Waals surface area contributed by atoms with E-state index < -0.39 is 0 Å². The maximum atomic E-state index is 5.64. The molecule has 3 heteroatoms. The molecule has 1 heterocycles. The highest BCUT2D eigenvalue weighted by Gasteiger charge is 1.99. The molecule has 0 amide bonds. The van der Waals surface area contributed by atoms with Crippen LogP contribution in [0.2, 0.25) is 0 Å². The Morgan fingerprint density at radius 1 is 1.64 bits per heavy atom. The number of rotatable bonds is 1. The molecule has 0 aromatic carbocycles. The maximum Gasteiger partial charge on any atom is 0.120 e. The molecule has 0 saturated carbocycles. The summed E-state index contributed by atoms with van der Waals surface area (Å²) in [6, 6.07) is 0. The van der Waals surface area contributed by atoms with Crippen LogP contribution in [0.3, 0.4) is 0 Å². The van der Waals surface area contributed by atoms with Gasteiger partial charge in [-0.05, 0) is 32.4 Å². The number of hydrogen-bond donors (Lipinski definition) is 1. The summed E-state index contributed by atoms with van der Waals surface area (Å²) >= 11 is 0. The first-order valence-electron chi connectivity index (χ1n) is 3.60. The van der Waals surface area contributed by atoms with Crippen LogP contribution >= 0.6 is 0 Å². The number of hydrogen-bond acceptors (Lipinski definition) is 2. The average molecular weight is 151 g/mol. The zero-order chi connectivity index (χ0) is 8.43. The van der Waals surface area contributed by atoms with E-state index in [9.17, 15) is 0 Å². The van der Waals surface area contributed by atoms with Gasteiger partial charge in [0.2, 0.25) is 0 Å². The second-order valence-corrected chi connectivity index (χ2v) is 2.56. The van der Waals surface area contributed by atoms with Crippen molar-refractivity contribution in [3.8, 4) is 0 Å². The van der Waals surface area contributed by atoms with Gasteiger partial charge in [0.1, 0.15) is 5.82 Å². The van der Waals surface area contributed by atoms with Crippen molar-refractivity contribution >= 4 is 5.82 Å². The van der Waals surface area contributed by atoms with Crippen molar-refractivity contribution in [2.24, 2.45) is 5.73 Å². The van der Waals surface area contributed by atoms with E-state index in [4.69, 9.17) is 5.73 Å². The van der Waals surface area contributed by atoms with Gasteiger partial charge in [0, 0.05) is 6.20 Å². The van der Waals surface area contributed by atoms with E-state index >= 15 is 0 Å². The third-order valence-electron chi connectivity index (χ3n) is 1.70. The van der Waals surface area contributed by atoms with E-state index in [0.29, 0.717) is 5.82 Å². The fourth-order valence-electron chi connectivity index (χ4n) is 0.811. The number of nitrogens with two attached hydrogens (primary N) is 1. The Bertz CT molecular complexity index is 264. The number of nitrogens with zero attached hydrogens (tertiary/aromatic N) is 2. The standard InChI is InChI=1S/C8H13N3/c1-4-8(9)11-5-6(2)7(3)10-11/h4-5H,9H2,1-3H3. The Morgan fingerprint density at radius 2 is 2.27 bits per heavy atom. The molecule has 1 aromatic heterocycles. The van der Waals surface area contributed by atoms with Gasteiger partial charge in [-0.3, -0.25) is 0 Å². The fraction of sp³-hybridized carbons (Fsp3) is 0.375. The number of allylic oxidation sites excluding steroid dienone is 1. The molecule has 1 rings (SSSR count). The fourth-order valence-corrected chi connectivity index (χ4v) is 0.811. The molecule has 0 aliphatic carbocycles. The molecule has 0 unspecified atom stereocenters. The van der Waals surface area contributed by atoms with Crippen molar-refractivity contribution in [1.29, 1.82) is 0 Å². The van der Waals surface area contributed by atoms with Crippen molar-refractivity contribution in [3.05, 3.63) is 23.5 Å². The molecule has 0 aliphatic rings. The van der Waals surface area contributed by atoms with Crippen LogP contribution in [-0.2, 0) is 0 Å². The number of aromatic nitrogens is 2. The molecule has 11 heavy (non-hydrogen) atoms. The molecule has 1 aromatic rings. The quantitative estimate of drug-likeness (QED) is 0.657. The Morgan fingerprint density at radius 3 is 2.64 bits per heavy atom. The first-order chi connectivity index (χ1) is 5.15. The first kappa shape index (κ1) is 7.85. The molecule has 0 saturated heterocycles. The van der Waals surface area contributed by atoms with Gasteiger partial charge in [-0.2, -0.15) is 5.10 Å². The van der Waals surface area contributed by atoms with E-state index in [1.807, 2.05) is 33.0 Å². The van der Waals surface area contributed by atoms with Gasteiger partial charge in [0.15, 0.2) is 0 Å². The second kappa shape index (κ2) is 2.78. The first-order valence-corrected chi connectivity index (χ1v) is 3.60. The zero-order valence-electron chi connectivity index (χ0n) is 7.13. The highest BCUT2D eigenvalue weighted by molar-refractivity contribution is 5.39. The lowest BCUT2D eigenvalue weighted by Gasteiger charge is -1.97. The predicted molar refractivity (Wildman–Crippen MR) is 45.8 cm³/mol. The summed E-state index contributed by atoms with van der Waals surface area (Å²) in [6.45, 7) is 5.87. The van der Waals surface area contributed by atoms with Crippen molar-refractivity contribution < 1.29 is 0 Å². The highest BCUT2D eigenvalue weighted by atomic mass is 15.3. The van der Waals surface area contributed by atoms with E-state index in [-0.39, 0.29) is 0 Å². The molecule has 0 aliphatic heterocycles. The van der Waals surface area contributed by atoms with Crippen LogP contribution in [0.15, 0.2) is 12.3 Å². The van der Waals surface area contributed by atoms with Crippen molar-refractivity contribution in [2.45, 2.75) is 20.8 Å². The normalized spacial score (nSPS) is 12.1. The Hall–Kier alpha value is -1.25. The van der Waals surface area contributed by atoms with Crippen molar-refractivity contribution in [2.75, 3.05) is 0 Å². The van der Waals surface area contributed by atoms with Gasteiger partial charge in [0.25, 0.3) is 0 Å². The monoisotopic (exact) mass is 151 g/mol. The maximum absolute atomic E-state index is 5.64. The highest BCUT2D eigenvalue weighted by Crippen LogP contribution is 2.04. The third-order valence-corrected chi connectivity index (χ3v) is 1.70. The molecule has 0 fully saturated rings. The summed E-state index contributed by atoms with van der Waals surface area (Å²) in [6.07, 6.45) is 3.75.